The summed E-state index contributed by atoms with van der Waals surface area (Å²) in [5.41, 5.74) is 0.902. The van der Waals surface area contributed by atoms with E-state index < -0.39 is 5.97 Å². The molecule has 1 fully saturated rings. The van der Waals surface area contributed by atoms with Gasteiger partial charge in [-0.25, -0.2) is 0 Å². The third kappa shape index (κ3) is 4.76. The number of rotatable bonds is 7. The van der Waals surface area contributed by atoms with Crippen LogP contribution >= 0.6 is 0 Å². The van der Waals surface area contributed by atoms with Gasteiger partial charge in [0.05, 0.1) is 18.9 Å². The Morgan fingerprint density at radius 3 is 2.86 bits per heavy atom. The van der Waals surface area contributed by atoms with E-state index in [1.807, 2.05) is 31.2 Å². The lowest BCUT2D eigenvalue weighted by molar-refractivity contribution is -0.141. The second-order valence-electron chi connectivity index (χ2n) is 5.79. The summed E-state index contributed by atoms with van der Waals surface area (Å²) in [6.45, 7) is 2.71. The highest BCUT2D eigenvalue weighted by Gasteiger charge is 2.30. The number of ether oxygens (including phenoxy) is 1. The summed E-state index contributed by atoms with van der Waals surface area (Å²) in [4.78, 5) is 23.0. The zero-order valence-corrected chi connectivity index (χ0v) is 12.9. The van der Waals surface area contributed by atoms with Gasteiger partial charge in [0.1, 0.15) is 5.75 Å². The van der Waals surface area contributed by atoms with E-state index in [2.05, 4.69) is 5.32 Å². The van der Waals surface area contributed by atoms with Gasteiger partial charge in [-0.2, -0.15) is 0 Å². The molecule has 1 amide bonds. The van der Waals surface area contributed by atoms with Crippen molar-refractivity contribution in [1.82, 2.24) is 5.32 Å². The molecule has 0 heterocycles. The van der Waals surface area contributed by atoms with Crippen molar-refractivity contribution >= 4 is 11.9 Å². The van der Waals surface area contributed by atoms with Gasteiger partial charge in [-0.1, -0.05) is 19.1 Å². The SMILES string of the molecule is CCCOc1cccc(CC(=O)N[C@@H]2CC[C@H](C(=O)O)C2)c1. The van der Waals surface area contributed by atoms with Crippen LogP contribution in [-0.2, 0) is 16.0 Å². The Bertz CT molecular complexity index is 529. The molecule has 2 atom stereocenters. The van der Waals surface area contributed by atoms with Gasteiger partial charge in [0.2, 0.25) is 5.91 Å². The molecule has 0 aliphatic heterocycles. The van der Waals surface area contributed by atoms with Crippen molar-refractivity contribution in [2.24, 2.45) is 5.92 Å². The van der Waals surface area contributed by atoms with Crippen LogP contribution in [0.25, 0.3) is 0 Å². The van der Waals surface area contributed by atoms with E-state index in [1.165, 1.54) is 0 Å². The van der Waals surface area contributed by atoms with Crippen LogP contribution in [0.2, 0.25) is 0 Å². The van der Waals surface area contributed by atoms with Crippen LogP contribution in [0.5, 0.6) is 5.75 Å². The standard InChI is InChI=1S/C17H23NO4/c1-2-8-22-15-5-3-4-12(9-15)10-16(19)18-14-7-6-13(11-14)17(20)21/h3-5,9,13-14H,2,6-8,10-11H2,1H3,(H,18,19)(H,20,21)/t13-,14+/m0/s1. The first-order chi connectivity index (χ1) is 10.6. The van der Waals surface area contributed by atoms with E-state index in [0.717, 1.165) is 24.2 Å². The molecule has 0 bridgehead atoms. The highest BCUT2D eigenvalue weighted by molar-refractivity contribution is 5.79. The van der Waals surface area contributed by atoms with Crippen LogP contribution in [0.3, 0.4) is 0 Å². The minimum Gasteiger partial charge on any atom is -0.494 e. The molecule has 120 valence electrons. The van der Waals surface area contributed by atoms with Gasteiger partial charge in [-0.3, -0.25) is 9.59 Å². The van der Waals surface area contributed by atoms with Crippen LogP contribution in [0.15, 0.2) is 24.3 Å². The molecular formula is C17H23NO4. The summed E-state index contributed by atoms with van der Waals surface area (Å²) < 4.78 is 5.55. The first kappa shape index (κ1) is 16.3. The monoisotopic (exact) mass is 305 g/mol. The topological polar surface area (TPSA) is 75.6 Å². The fourth-order valence-electron chi connectivity index (χ4n) is 2.77. The molecule has 0 spiro atoms. The number of carbonyl (C=O) groups is 2. The Hall–Kier alpha value is -2.04. The molecule has 0 saturated heterocycles. The summed E-state index contributed by atoms with van der Waals surface area (Å²) in [5.74, 6) is -0.378. The lowest BCUT2D eigenvalue weighted by atomic mass is 10.1. The highest BCUT2D eigenvalue weighted by atomic mass is 16.5. The average Bonchev–Trinajstić information content (AvgIpc) is 2.94. The first-order valence-electron chi connectivity index (χ1n) is 7.82. The molecule has 0 aromatic heterocycles. The van der Waals surface area contributed by atoms with Gasteiger partial charge in [0.15, 0.2) is 0 Å². The maximum absolute atomic E-state index is 12.1. The number of nitrogens with one attached hydrogen (secondary N) is 1. The molecule has 5 heteroatoms. The van der Waals surface area contributed by atoms with E-state index in [4.69, 9.17) is 9.84 Å². The predicted octanol–water partition coefficient (Wildman–Crippen LogP) is 2.39. The Morgan fingerprint density at radius 1 is 1.36 bits per heavy atom. The summed E-state index contributed by atoms with van der Waals surface area (Å²) in [6, 6.07) is 7.51. The van der Waals surface area contributed by atoms with Gasteiger partial charge < -0.3 is 15.2 Å². The number of amides is 1. The van der Waals surface area contributed by atoms with Crippen molar-refractivity contribution in [3.8, 4) is 5.75 Å². The second kappa shape index (κ2) is 7.82. The normalized spacial score (nSPS) is 20.6. The molecule has 0 radical (unpaired) electrons. The number of carboxylic acid groups (broad SMARTS) is 1. The lowest BCUT2D eigenvalue weighted by Gasteiger charge is -2.13. The molecule has 1 aromatic carbocycles. The third-order valence-electron chi connectivity index (χ3n) is 3.88. The minimum atomic E-state index is -0.766. The van der Waals surface area contributed by atoms with Crippen molar-refractivity contribution in [3.63, 3.8) is 0 Å². The van der Waals surface area contributed by atoms with Crippen LogP contribution in [-0.4, -0.2) is 29.6 Å². The lowest BCUT2D eigenvalue weighted by Crippen LogP contribution is -2.34. The van der Waals surface area contributed by atoms with Crippen molar-refractivity contribution < 1.29 is 19.4 Å². The quantitative estimate of drug-likeness (QED) is 0.811. The molecule has 22 heavy (non-hydrogen) atoms. The smallest absolute Gasteiger partial charge is 0.306 e. The van der Waals surface area contributed by atoms with Crippen molar-refractivity contribution in [3.05, 3.63) is 29.8 Å². The minimum absolute atomic E-state index is 0.0203. The van der Waals surface area contributed by atoms with Gasteiger partial charge in [0.25, 0.3) is 0 Å². The third-order valence-corrected chi connectivity index (χ3v) is 3.88. The number of aliphatic carboxylic acids is 1. The predicted molar refractivity (Wildman–Crippen MR) is 82.8 cm³/mol. The van der Waals surface area contributed by atoms with Crippen LogP contribution in [0.4, 0.5) is 0 Å². The van der Waals surface area contributed by atoms with Gasteiger partial charge >= 0.3 is 5.97 Å². The van der Waals surface area contributed by atoms with E-state index in [-0.39, 0.29) is 24.3 Å². The van der Waals surface area contributed by atoms with E-state index in [1.54, 1.807) is 0 Å². The molecule has 2 N–H and O–H groups in total. The Morgan fingerprint density at radius 2 is 2.18 bits per heavy atom. The molecule has 1 saturated carbocycles. The first-order valence-corrected chi connectivity index (χ1v) is 7.82. The zero-order chi connectivity index (χ0) is 15.9. The fourth-order valence-corrected chi connectivity index (χ4v) is 2.77. The summed E-state index contributed by atoms with van der Waals surface area (Å²) in [5, 5.41) is 11.9. The second-order valence-corrected chi connectivity index (χ2v) is 5.79. The van der Waals surface area contributed by atoms with Gasteiger partial charge in [0, 0.05) is 6.04 Å². The van der Waals surface area contributed by atoms with E-state index >= 15 is 0 Å². The summed E-state index contributed by atoms with van der Waals surface area (Å²) in [6.07, 6.45) is 3.14. The fraction of sp³-hybridized carbons (Fsp3) is 0.529. The number of hydrogen-bond donors (Lipinski definition) is 2. The highest BCUT2D eigenvalue weighted by Crippen LogP contribution is 2.25. The average molecular weight is 305 g/mol. The summed E-state index contributed by atoms with van der Waals surface area (Å²) in [7, 11) is 0. The maximum atomic E-state index is 12.1. The number of carbonyl (C=O) groups excluding carboxylic acids is 1. The molecule has 1 aromatic rings. The van der Waals surface area contributed by atoms with Gasteiger partial charge in [-0.15, -0.1) is 0 Å². The molecule has 5 nitrogen and oxygen atoms in total. The number of carboxylic acids is 1. The number of hydrogen-bond acceptors (Lipinski definition) is 3. The zero-order valence-electron chi connectivity index (χ0n) is 12.9. The van der Waals surface area contributed by atoms with Crippen molar-refractivity contribution in [2.75, 3.05) is 6.61 Å². The molecular weight excluding hydrogens is 282 g/mol. The molecule has 1 aliphatic carbocycles. The molecule has 0 unspecified atom stereocenters. The van der Waals surface area contributed by atoms with E-state index in [0.29, 0.717) is 19.4 Å². The van der Waals surface area contributed by atoms with Crippen molar-refractivity contribution in [1.29, 1.82) is 0 Å². The maximum Gasteiger partial charge on any atom is 0.306 e. The number of benzene rings is 1. The van der Waals surface area contributed by atoms with E-state index in [9.17, 15) is 9.59 Å². The van der Waals surface area contributed by atoms with Crippen LogP contribution < -0.4 is 10.1 Å². The Kier molecular flexibility index (Phi) is 5.81. The largest absolute Gasteiger partial charge is 0.494 e. The molecule has 1 aliphatic rings. The summed E-state index contributed by atoms with van der Waals surface area (Å²) >= 11 is 0. The van der Waals surface area contributed by atoms with Crippen LogP contribution in [0.1, 0.15) is 38.2 Å². The molecule has 2 rings (SSSR count). The van der Waals surface area contributed by atoms with Gasteiger partial charge in [-0.05, 0) is 43.4 Å². The van der Waals surface area contributed by atoms with Crippen molar-refractivity contribution in [2.45, 2.75) is 45.1 Å². The van der Waals surface area contributed by atoms with Crippen LogP contribution in [0, 0.1) is 5.92 Å². The Balaban J connectivity index is 1.83. The Labute approximate surface area is 130 Å².